The van der Waals surface area contributed by atoms with Gasteiger partial charge >= 0.3 is 0 Å². The minimum atomic E-state index is 0. The largest absolute Gasteiger partial charge is 0 e. The molecule has 0 aliphatic heterocycles. The van der Waals surface area contributed by atoms with E-state index in [-0.39, 0.29) is 326 Å². The van der Waals surface area contributed by atoms with Gasteiger partial charge in [0.25, 0.3) is 0 Å². The molecule has 0 amide bonds. The molecule has 0 saturated heterocycles. The summed E-state index contributed by atoms with van der Waals surface area (Å²) in [5.41, 5.74) is 0. The third-order valence-electron chi connectivity index (χ3n) is 0. The predicted octanol–water partition coefficient (Wildman–Crippen LogP) is -0.00750. The van der Waals surface area contributed by atoms with Gasteiger partial charge in [-0.3, -0.25) is 0 Å². The van der Waals surface area contributed by atoms with Crippen molar-refractivity contribution in [1.82, 2.24) is 0 Å². The fraction of sp³-hybridized carbons (Fsp3) is 0. The zero-order valence-electron chi connectivity index (χ0n) is 3.21. The van der Waals surface area contributed by atoms with Crippen LogP contribution in [0.2, 0.25) is 0 Å². The third kappa shape index (κ3) is 51.1. The van der Waals surface area contributed by atoms with Gasteiger partial charge in [0.1, 0.15) is 0 Å². The molecule has 0 aromatic rings. The van der Waals surface area contributed by atoms with Crippen molar-refractivity contribution in [2.75, 3.05) is 0 Å². The van der Waals surface area contributed by atoms with Crippen molar-refractivity contribution < 1.29 is 326 Å². The molecule has 97 valence electrons. The number of rotatable bonds is 0. The molecule has 0 bridgehead atoms. The first-order chi connectivity index (χ1) is 0. The maximum Gasteiger partial charge on any atom is 0 e. The maximum atomic E-state index is 0. The van der Waals surface area contributed by atoms with Gasteiger partial charge in [0.15, 0.2) is 0 Å². The van der Waals surface area contributed by atoms with Crippen molar-refractivity contribution in [3.63, 3.8) is 0 Å². The molecule has 0 saturated carbocycles. The molecule has 0 nitrogen and oxygen atoms in total. The summed E-state index contributed by atoms with van der Waals surface area (Å²) in [4.78, 5) is 0. The van der Waals surface area contributed by atoms with Gasteiger partial charge in [0, 0.05) is 326 Å². The van der Waals surface area contributed by atoms with Gasteiger partial charge in [-0.2, -0.15) is 0 Å². The zero-order chi connectivity index (χ0) is 0. The van der Waals surface area contributed by atoms with E-state index in [2.05, 4.69) is 0 Å². The fourth-order valence-electron chi connectivity index (χ4n) is 0. The van der Waals surface area contributed by atoms with Crippen LogP contribution in [0.5, 0.6) is 0 Å². The van der Waals surface area contributed by atoms with Gasteiger partial charge in [-0.1, -0.05) is 0 Å². The van der Waals surface area contributed by atoms with Gasteiger partial charge in [0.05, 0.1) is 0 Å². The van der Waals surface area contributed by atoms with E-state index in [1.165, 1.54) is 0 Å². The van der Waals surface area contributed by atoms with Crippen LogP contribution in [0.25, 0.3) is 0 Å². The van der Waals surface area contributed by atoms with Crippen LogP contribution < -0.4 is 0 Å². The normalized spacial score (nSPS) is 0. The molecule has 0 fully saturated rings. The molecule has 10 heteroatoms. The Labute approximate surface area is 314 Å². The number of hydrogen-bond donors (Lipinski definition) is 0. The van der Waals surface area contributed by atoms with Crippen LogP contribution in [-0.2, 0) is 58.4 Å². The quantitative estimate of drug-likeness (QED) is 0.300. The molecule has 0 spiro atoms. The van der Waals surface area contributed by atoms with Gasteiger partial charge in [-0.05, 0) is 0 Å². The minimum absolute atomic E-state index is 0. The Morgan fingerprint density at radius 3 is 0.200 bits per heavy atom. The van der Waals surface area contributed by atoms with Crippen LogP contribution in [0.3, 0.4) is 0 Å². The molecule has 0 aromatic carbocycles. The second kappa shape index (κ2) is 60.0. The van der Waals surface area contributed by atoms with Crippen LogP contribution in [0.15, 0.2) is 0 Å². The Morgan fingerprint density at radius 2 is 0.200 bits per heavy atom. The molecule has 10 heavy (non-hydrogen) atoms. The van der Waals surface area contributed by atoms with E-state index in [9.17, 15) is 0 Å². The Morgan fingerprint density at radius 1 is 0.200 bits per heavy atom. The first-order valence-corrected chi connectivity index (χ1v) is 0. The van der Waals surface area contributed by atoms with Crippen LogP contribution in [0.4, 0.5) is 0 Å². The van der Waals surface area contributed by atoms with Gasteiger partial charge in [-0.15, -0.1) is 0 Å². The molecular weight excluding hydrogens is 1450 g/mol. The van der Waals surface area contributed by atoms with Crippen molar-refractivity contribution in [2.45, 2.75) is 0 Å². The molecule has 0 aliphatic rings. The van der Waals surface area contributed by atoms with E-state index in [0.29, 0.717) is 0 Å². The molecule has 0 rings (SSSR count). The molecule has 0 aromatic heterocycles. The second-order valence-electron chi connectivity index (χ2n) is 0. The van der Waals surface area contributed by atoms with Gasteiger partial charge < -0.3 is 0 Å². The van der Waals surface area contributed by atoms with Crippen LogP contribution in [-0.4, -0.2) is 0 Å². The van der Waals surface area contributed by atoms with E-state index in [0.717, 1.165) is 0 Å². The standard InChI is InChI=1S/7Dy.3Rh. The summed E-state index contributed by atoms with van der Waals surface area (Å²) in [6, 6.07) is 0. The maximum absolute atomic E-state index is 0. The van der Waals surface area contributed by atoms with Crippen molar-refractivity contribution in [3.8, 4) is 0 Å². The topological polar surface area (TPSA) is 0 Å². The summed E-state index contributed by atoms with van der Waals surface area (Å²) in [5, 5.41) is 0. The van der Waals surface area contributed by atoms with Crippen LogP contribution in [0.1, 0.15) is 0 Å². The monoisotopic (exact) mass is 1460 g/mol. The fourth-order valence-corrected chi connectivity index (χ4v) is 0. The van der Waals surface area contributed by atoms with Crippen molar-refractivity contribution in [1.29, 1.82) is 0 Å². The van der Waals surface area contributed by atoms with E-state index >= 15 is 0 Å². The van der Waals surface area contributed by atoms with Gasteiger partial charge in [-0.25, -0.2) is 0 Å². The summed E-state index contributed by atoms with van der Waals surface area (Å²) in [6.07, 6.45) is 0. The van der Waals surface area contributed by atoms with E-state index in [1.807, 2.05) is 0 Å². The smallest absolute Gasteiger partial charge is 0 e. The molecule has 3 radical (unpaired) electrons. The van der Waals surface area contributed by atoms with E-state index in [4.69, 9.17) is 0 Å². The predicted molar refractivity (Wildman–Crippen MR) is 0 cm³/mol. The molecule has 0 heterocycles. The van der Waals surface area contributed by atoms with Gasteiger partial charge in [0.2, 0.25) is 0 Å². The summed E-state index contributed by atoms with van der Waals surface area (Å²) in [6.45, 7) is 0. The Bertz CT molecular complexity index is 8.81. The SMILES string of the molecule is [Dy].[Dy].[Dy].[Dy].[Dy].[Dy].[Dy].[Rh].[Rh].[Rh]. The molecule has 0 atom stereocenters. The first kappa shape index (κ1) is 70.0. The Balaban J connectivity index is 0. The summed E-state index contributed by atoms with van der Waals surface area (Å²) >= 11 is 0. The molecule has 0 aliphatic carbocycles. The Hall–Kier alpha value is 10.8. The second-order valence-corrected chi connectivity index (χ2v) is 0. The average molecular weight is 1450 g/mol. The van der Waals surface area contributed by atoms with Crippen molar-refractivity contribution >= 4 is 0 Å². The van der Waals surface area contributed by atoms with E-state index < -0.39 is 0 Å². The van der Waals surface area contributed by atoms with Crippen LogP contribution in [0, 0.1) is 267 Å². The molecular formula is Dy7Rh3. The van der Waals surface area contributed by atoms with Crippen LogP contribution >= 0.6 is 0 Å². The average Bonchev–Trinajstić information content (AvgIpc) is 0. The summed E-state index contributed by atoms with van der Waals surface area (Å²) in [5.74, 6) is 0. The molecule has 0 unspecified atom stereocenters. The summed E-state index contributed by atoms with van der Waals surface area (Å²) in [7, 11) is 0. The first-order valence-electron chi connectivity index (χ1n) is 0. The minimum Gasteiger partial charge on any atom is 0 e. The van der Waals surface area contributed by atoms with Crippen molar-refractivity contribution in [3.05, 3.63) is 0 Å². The Kier molecular flexibility index (Phi) is 420. The van der Waals surface area contributed by atoms with E-state index in [1.54, 1.807) is 0 Å². The van der Waals surface area contributed by atoms with Crippen molar-refractivity contribution in [2.24, 2.45) is 0 Å². The summed E-state index contributed by atoms with van der Waals surface area (Å²) < 4.78 is 0. The zero-order valence-corrected chi connectivity index (χ0v) is 22.3. The number of hydrogen-bond acceptors (Lipinski definition) is 0. The third-order valence-corrected chi connectivity index (χ3v) is 0. The molecule has 0 N–H and O–H groups in total.